The van der Waals surface area contributed by atoms with E-state index in [4.69, 9.17) is 0 Å². The Hall–Kier alpha value is -0.330. The number of rotatable bonds is 1. The molecule has 4 fully saturated rings. The minimum Gasteiger partial charge on any atom is -0.300 e. The summed E-state index contributed by atoms with van der Waals surface area (Å²) in [6, 6.07) is 0. The standard InChI is InChI=1S/C11H16O/c1-6(12)11-9-3-7-2-8(5-9)10(11)4-7/h7-11H,2-5H2,1H3/t7-,8+,9+,10-,11+/m1/s1. The zero-order chi connectivity index (χ0) is 8.29. The Morgan fingerprint density at radius 3 is 2.50 bits per heavy atom. The molecule has 12 heavy (non-hydrogen) atoms. The van der Waals surface area contributed by atoms with E-state index in [2.05, 4.69) is 0 Å². The Morgan fingerprint density at radius 2 is 1.83 bits per heavy atom. The van der Waals surface area contributed by atoms with E-state index in [-0.39, 0.29) is 0 Å². The zero-order valence-corrected chi connectivity index (χ0v) is 7.62. The molecule has 4 bridgehead atoms. The molecule has 0 aromatic heterocycles. The van der Waals surface area contributed by atoms with Gasteiger partial charge in [-0.3, -0.25) is 4.79 Å². The van der Waals surface area contributed by atoms with Crippen LogP contribution in [0.2, 0.25) is 0 Å². The van der Waals surface area contributed by atoms with Gasteiger partial charge in [0.15, 0.2) is 0 Å². The van der Waals surface area contributed by atoms with Gasteiger partial charge in [-0.2, -0.15) is 0 Å². The van der Waals surface area contributed by atoms with E-state index >= 15 is 0 Å². The molecule has 1 heteroatoms. The van der Waals surface area contributed by atoms with Crippen LogP contribution in [0.15, 0.2) is 0 Å². The van der Waals surface area contributed by atoms with Crippen molar-refractivity contribution in [3.63, 3.8) is 0 Å². The van der Waals surface area contributed by atoms with Gasteiger partial charge in [0.05, 0.1) is 0 Å². The monoisotopic (exact) mass is 164 g/mol. The summed E-state index contributed by atoms with van der Waals surface area (Å²) in [7, 11) is 0. The third-order valence-electron chi connectivity index (χ3n) is 4.53. The quantitative estimate of drug-likeness (QED) is 0.581. The van der Waals surface area contributed by atoms with Crippen LogP contribution >= 0.6 is 0 Å². The first-order valence-corrected chi connectivity index (χ1v) is 5.26. The van der Waals surface area contributed by atoms with E-state index < -0.39 is 0 Å². The van der Waals surface area contributed by atoms with Crippen molar-refractivity contribution in [3.05, 3.63) is 0 Å². The minimum absolute atomic E-state index is 0.479. The molecular formula is C11H16O. The molecule has 0 amide bonds. The molecule has 4 aliphatic rings. The van der Waals surface area contributed by atoms with Crippen LogP contribution in [-0.4, -0.2) is 5.78 Å². The highest BCUT2D eigenvalue weighted by molar-refractivity contribution is 5.79. The number of carbonyl (C=O) groups excluding carboxylic acids is 1. The van der Waals surface area contributed by atoms with E-state index in [9.17, 15) is 4.79 Å². The van der Waals surface area contributed by atoms with Gasteiger partial charge >= 0.3 is 0 Å². The predicted molar refractivity (Wildman–Crippen MR) is 46.6 cm³/mol. The van der Waals surface area contributed by atoms with Gasteiger partial charge in [0.25, 0.3) is 0 Å². The largest absolute Gasteiger partial charge is 0.300 e. The van der Waals surface area contributed by atoms with Crippen LogP contribution < -0.4 is 0 Å². The lowest BCUT2D eigenvalue weighted by atomic mass is 9.74. The maximum Gasteiger partial charge on any atom is 0.133 e. The first kappa shape index (κ1) is 7.11. The van der Waals surface area contributed by atoms with Gasteiger partial charge in [0.2, 0.25) is 0 Å². The van der Waals surface area contributed by atoms with Crippen molar-refractivity contribution in [3.8, 4) is 0 Å². The molecule has 0 aromatic carbocycles. The maximum absolute atomic E-state index is 11.4. The van der Waals surface area contributed by atoms with Crippen molar-refractivity contribution in [1.82, 2.24) is 0 Å². The second kappa shape index (κ2) is 2.12. The number of hydrogen-bond donors (Lipinski definition) is 0. The summed E-state index contributed by atoms with van der Waals surface area (Å²) in [6.07, 6.45) is 5.58. The molecule has 66 valence electrons. The second-order valence-electron chi connectivity index (χ2n) is 5.13. The van der Waals surface area contributed by atoms with E-state index in [1.165, 1.54) is 25.7 Å². The molecule has 0 spiro atoms. The van der Waals surface area contributed by atoms with Crippen molar-refractivity contribution < 1.29 is 4.79 Å². The van der Waals surface area contributed by atoms with Gasteiger partial charge in [0, 0.05) is 5.92 Å². The molecule has 4 saturated carbocycles. The molecule has 5 atom stereocenters. The average Bonchev–Trinajstić information content (AvgIpc) is 2.38. The smallest absolute Gasteiger partial charge is 0.133 e. The lowest BCUT2D eigenvalue weighted by molar-refractivity contribution is -0.124. The van der Waals surface area contributed by atoms with Gasteiger partial charge in [-0.1, -0.05) is 0 Å². The topological polar surface area (TPSA) is 17.1 Å². The van der Waals surface area contributed by atoms with Crippen molar-refractivity contribution in [2.75, 3.05) is 0 Å². The van der Waals surface area contributed by atoms with Crippen molar-refractivity contribution in [1.29, 1.82) is 0 Å². The summed E-state index contributed by atoms with van der Waals surface area (Å²) in [5.41, 5.74) is 0. The number of hydrogen-bond acceptors (Lipinski definition) is 1. The van der Waals surface area contributed by atoms with E-state index in [0.717, 1.165) is 23.7 Å². The zero-order valence-electron chi connectivity index (χ0n) is 7.62. The summed E-state index contributed by atoms with van der Waals surface area (Å²) in [5, 5.41) is 0. The summed E-state index contributed by atoms with van der Waals surface area (Å²) < 4.78 is 0. The predicted octanol–water partition coefficient (Wildman–Crippen LogP) is 2.26. The van der Waals surface area contributed by atoms with Gasteiger partial charge < -0.3 is 0 Å². The van der Waals surface area contributed by atoms with E-state index in [1.54, 1.807) is 6.92 Å². The number of Topliss-reactive ketones (excluding diaryl/α,β-unsaturated/α-hetero) is 1. The molecule has 0 N–H and O–H groups in total. The van der Waals surface area contributed by atoms with Gasteiger partial charge in [-0.25, -0.2) is 0 Å². The van der Waals surface area contributed by atoms with Crippen molar-refractivity contribution >= 4 is 5.78 Å². The average molecular weight is 164 g/mol. The molecule has 0 heterocycles. The molecule has 1 nitrogen and oxygen atoms in total. The first-order valence-electron chi connectivity index (χ1n) is 5.26. The Balaban J connectivity index is 1.94. The summed E-state index contributed by atoms with van der Waals surface area (Å²) in [6.45, 7) is 1.80. The maximum atomic E-state index is 11.4. The highest BCUT2D eigenvalue weighted by Crippen LogP contribution is 2.61. The fourth-order valence-corrected chi connectivity index (χ4v) is 4.37. The summed E-state index contributed by atoms with van der Waals surface area (Å²) in [5.74, 6) is 4.52. The number of carbonyl (C=O) groups is 1. The summed E-state index contributed by atoms with van der Waals surface area (Å²) in [4.78, 5) is 11.4. The molecule has 0 aliphatic heterocycles. The Labute approximate surface area is 73.5 Å². The van der Waals surface area contributed by atoms with Crippen LogP contribution in [0, 0.1) is 29.6 Å². The normalized spacial score (nSPS) is 54.9. The first-order chi connectivity index (χ1) is 5.75. The fraction of sp³-hybridized carbons (Fsp3) is 0.909. The lowest BCUT2D eigenvalue weighted by Crippen LogP contribution is -2.28. The van der Waals surface area contributed by atoms with Gasteiger partial charge in [-0.05, 0) is 56.3 Å². The molecule has 0 aromatic rings. The molecule has 0 radical (unpaired) electrons. The Morgan fingerprint density at radius 1 is 1.08 bits per heavy atom. The highest BCUT2D eigenvalue weighted by Gasteiger charge is 2.54. The van der Waals surface area contributed by atoms with Crippen molar-refractivity contribution in [2.45, 2.75) is 32.6 Å². The van der Waals surface area contributed by atoms with Crippen LogP contribution in [0.4, 0.5) is 0 Å². The third-order valence-corrected chi connectivity index (χ3v) is 4.53. The fourth-order valence-electron chi connectivity index (χ4n) is 4.37. The van der Waals surface area contributed by atoms with Crippen LogP contribution in [-0.2, 0) is 4.79 Å². The van der Waals surface area contributed by atoms with E-state index in [1.807, 2.05) is 0 Å². The Kier molecular flexibility index (Phi) is 1.26. The van der Waals surface area contributed by atoms with Gasteiger partial charge in [-0.15, -0.1) is 0 Å². The lowest BCUT2D eigenvalue weighted by Gasteiger charge is -2.30. The molecular weight excluding hydrogens is 148 g/mol. The molecule has 0 saturated heterocycles. The van der Waals surface area contributed by atoms with Crippen LogP contribution in [0.25, 0.3) is 0 Å². The molecule has 0 unspecified atom stereocenters. The summed E-state index contributed by atoms with van der Waals surface area (Å²) >= 11 is 0. The SMILES string of the molecule is CC(=O)[C@H]1[C@H]2C[C@H]3C[C@@H](C2)[C@H]1C3. The third kappa shape index (κ3) is 0.725. The van der Waals surface area contributed by atoms with Crippen LogP contribution in [0.1, 0.15) is 32.6 Å². The number of ketones is 1. The van der Waals surface area contributed by atoms with E-state index in [0.29, 0.717) is 11.7 Å². The van der Waals surface area contributed by atoms with Gasteiger partial charge in [0.1, 0.15) is 5.78 Å². The molecule has 4 rings (SSSR count). The minimum atomic E-state index is 0.479. The van der Waals surface area contributed by atoms with Crippen LogP contribution in [0.5, 0.6) is 0 Å². The second-order valence-corrected chi connectivity index (χ2v) is 5.13. The van der Waals surface area contributed by atoms with Crippen molar-refractivity contribution in [2.24, 2.45) is 29.6 Å². The van der Waals surface area contributed by atoms with Crippen LogP contribution in [0.3, 0.4) is 0 Å². The highest BCUT2D eigenvalue weighted by atomic mass is 16.1. The Bertz CT molecular complexity index is 229. The molecule has 4 aliphatic carbocycles.